The van der Waals surface area contributed by atoms with E-state index in [1.165, 1.54) is 30.0 Å². The summed E-state index contributed by atoms with van der Waals surface area (Å²) in [6.07, 6.45) is 0. The molecule has 25 heavy (non-hydrogen) atoms. The summed E-state index contributed by atoms with van der Waals surface area (Å²) in [5, 5.41) is 2.76. The first kappa shape index (κ1) is 18.6. The van der Waals surface area contributed by atoms with Crippen LogP contribution in [0.5, 0.6) is 0 Å². The Morgan fingerprint density at radius 1 is 1.08 bits per heavy atom. The van der Waals surface area contributed by atoms with Crippen LogP contribution in [0.3, 0.4) is 0 Å². The monoisotopic (exact) mass is 342 g/mol. The largest absolute Gasteiger partial charge is 0.325 e. The topological polar surface area (TPSA) is 49.4 Å². The molecule has 2 amide bonds. The average molecular weight is 342 g/mol. The van der Waals surface area contributed by atoms with Crippen LogP contribution in [0.2, 0.25) is 0 Å². The van der Waals surface area contributed by atoms with Crippen molar-refractivity contribution in [2.75, 3.05) is 16.8 Å². The number of benzene rings is 2. The molecule has 2 rings (SSSR count). The number of carbonyl (C=O) groups excluding carboxylic acids is 2. The number of anilines is 2. The molecular weight excluding hydrogens is 319 g/mol. The van der Waals surface area contributed by atoms with Crippen molar-refractivity contribution in [3.8, 4) is 0 Å². The average Bonchev–Trinajstić information content (AvgIpc) is 2.52. The molecule has 0 bridgehead atoms. The summed E-state index contributed by atoms with van der Waals surface area (Å²) in [4.78, 5) is 25.3. The van der Waals surface area contributed by atoms with Gasteiger partial charge in [-0.15, -0.1) is 0 Å². The fourth-order valence-corrected chi connectivity index (χ4v) is 2.43. The van der Waals surface area contributed by atoms with Crippen LogP contribution in [0.1, 0.15) is 33.3 Å². The first-order valence-corrected chi connectivity index (χ1v) is 8.11. The maximum atomic E-state index is 13.4. The van der Waals surface area contributed by atoms with Gasteiger partial charge in [0.1, 0.15) is 12.4 Å². The zero-order chi connectivity index (χ0) is 18.6. The third-order valence-electron chi connectivity index (χ3n) is 3.84. The van der Waals surface area contributed by atoms with E-state index in [9.17, 15) is 14.0 Å². The maximum absolute atomic E-state index is 13.4. The first-order valence-electron chi connectivity index (χ1n) is 8.11. The second kappa shape index (κ2) is 7.47. The van der Waals surface area contributed by atoms with Gasteiger partial charge in [-0.25, -0.2) is 4.39 Å². The van der Waals surface area contributed by atoms with Gasteiger partial charge >= 0.3 is 0 Å². The number of hydrogen-bond acceptors (Lipinski definition) is 2. The molecule has 5 heteroatoms. The zero-order valence-corrected chi connectivity index (χ0v) is 15.0. The summed E-state index contributed by atoms with van der Waals surface area (Å²) in [6.45, 7) is 7.51. The summed E-state index contributed by atoms with van der Waals surface area (Å²) >= 11 is 0. The number of halogens is 1. The second-order valence-corrected chi connectivity index (χ2v) is 6.96. The molecule has 0 aliphatic heterocycles. The van der Waals surface area contributed by atoms with Gasteiger partial charge in [0.2, 0.25) is 11.8 Å². The molecule has 0 aliphatic carbocycles. The molecule has 1 N–H and O–H groups in total. The SMILES string of the molecule is CC(=O)N(CC(=O)Nc1ccc(C(C)(C)C)cc1)c1cccc(F)c1. The lowest BCUT2D eigenvalue weighted by Gasteiger charge is -2.21. The fourth-order valence-electron chi connectivity index (χ4n) is 2.43. The van der Waals surface area contributed by atoms with E-state index >= 15 is 0 Å². The Morgan fingerprint density at radius 2 is 1.72 bits per heavy atom. The number of nitrogens with zero attached hydrogens (tertiary/aromatic N) is 1. The molecule has 0 aliphatic rings. The standard InChI is InChI=1S/C20H23FN2O2/c1-14(24)23(18-7-5-6-16(21)12-18)13-19(25)22-17-10-8-15(9-11-17)20(2,3)4/h5-12H,13H2,1-4H3,(H,22,25). The van der Waals surface area contributed by atoms with Crippen LogP contribution >= 0.6 is 0 Å². The molecule has 2 aromatic carbocycles. The zero-order valence-electron chi connectivity index (χ0n) is 15.0. The van der Waals surface area contributed by atoms with Gasteiger partial charge in [0, 0.05) is 18.3 Å². The summed E-state index contributed by atoms with van der Waals surface area (Å²) in [5.74, 6) is -1.13. The van der Waals surface area contributed by atoms with Crippen molar-refractivity contribution in [2.24, 2.45) is 0 Å². The highest BCUT2D eigenvalue weighted by atomic mass is 19.1. The predicted molar refractivity (Wildman–Crippen MR) is 98.2 cm³/mol. The normalized spacial score (nSPS) is 11.1. The van der Waals surface area contributed by atoms with E-state index in [4.69, 9.17) is 0 Å². The lowest BCUT2D eigenvalue weighted by molar-refractivity contribution is -0.120. The Hall–Kier alpha value is -2.69. The molecule has 0 atom stereocenters. The molecule has 4 nitrogen and oxygen atoms in total. The van der Waals surface area contributed by atoms with Crippen LogP contribution < -0.4 is 10.2 Å². The highest BCUT2D eigenvalue weighted by molar-refractivity contribution is 6.01. The quantitative estimate of drug-likeness (QED) is 0.909. The molecule has 0 radical (unpaired) electrons. The van der Waals surface area contributed by atoms with E-state index in [2.05, 4.69) is 26.1 Å². The van der Waals surface area contributed by atoms with Crippen molar-refractivity contribution < 1.29 is 14.0 Å². The molecular formula is C20H23FN2O2. The van der Waals surface area contributed by atoms with Crippen molar-refractivity contribution in [3.63, 3.8) is 0 Å². The first-order chi connectivity index (χ1) is 11.7. The molecule has 0 saturated heterocycles. The fraction of sp³-hybridized carbons (Fsp3) is 0.300. The Labute approximate surface area is 147 Å². The molecule has 0 unspecified atom stereocenters. The van der Waals surface area contributed by atoms with E-state index in [1.807, 2.05) is 24.3 Å². The summed E-state index contributed by atoms with van der Waals surface area (Å²) in [5.41, 5.74) is 2.20. The van der Waals surface area contributed by atoms with Gasteiger partial charge in [-0.3, -0.25) is 9.59 Å². The Bertz CT molecular complexity index is 764. The minimum absolute atomic E-state index is 0.0331. The van der Waals surface area contributed by atoms with Crippen LogP contribution in [0.15, 0.2) is 48.5 Å². The Morgan fingerprint density at radius 3 is 2.24 bits per heavy atom. The molecule has 0 aromatic heterocycles. The van der Waals surface area contributed by atoms with Crippen LogP contribution in [0, 0.1) is 5.82 Å². The summed E-state index contributed by atoms with van der Waals surface area (Å²) in [7, 11) is 0. The minimum atomic E-state index is -0.457. The Balaban J connectivity index is 2.08. The van der Waals surface area contributed by atoms with Crippen molar-refractivity contribution in [3.05, 3.63) is 59.9 Å². The lowest BCUT2D eigenvalue weighted by atomic mass is 9.87. The van der Waals surface area contributed by atoms with Crippen LogP contribution in [-0.2, 0) is 15.0 Å². The van der Waals surface area contributed by atoms with Gasteiger partial charge in [0.25, 0.3) is 0 Å². The van der Waals surface area contributed by atoms with Gasteiger partial charge in [-0.2, -0.15) is 0 Å². The van der Waals surface area contributed by atoms with Gasteiger partial charge in [-0.05, 0) is 41.3 Å². The smallest absolute Gasteiger partial charge is 0.244 e. The molecule has 2 aromatic rings. The number of nitrogens with one attached hydrogen (secondary N) is 1. The molecule has 0 heterocycles. The third-order valence-corrected chi connectivity index (χ3v) is 3.84. The molecule has 0 spiro atoms. The molecule has 0 fully saturated rings. The highest BCUT2D eigenvalue weighted by Gasteiger charge is 2.17. The van der Waals surface area contributed by atoms with Crippen molar-refractivity contribution >= 4 is 23.2 Å². The van der Waals surface area contributed by atoms with E-state index in [0.717, 1.165) is 5.56 Å². The van der Waals surface area contributed by atoms with Gasteiger partial charge < -0.3 is 10.2 Å². The van der Waals surface area contributed by atoms with Crippen LogP contribution in [0.4, 0.5) is 15.8 Å². The number of hydrogen-bond donors (Lipinski definition) is 1. The predicted octanol–water partition coefficient (Wildman–Crippen LogP) is 4.11. The number of amides is 2. The van der Waals surface area contributed by atoms with E-state index < -0.39 is 5.82 Å². The molecule has 132 valence electrons. The minimum Gasteiger partial charge on any atom is -0.325 e. The second-order valence-electron chi connectivity index (χ2n) is 6.96. The van der Waals surface area contributed by atoms with Gasteiger partial charge in [0.05, 0.1) is 0 Å². The van der Waals surface area contributed by atoms with Crippen molar-refractivity contribution in [2.45, 2.75) is 33.1 Å². The molecule has 0 saturated carbocycles. The van der Waals surface area contributed by atoms with Gasteiger partial charge in [-0.1, -0.05) is 39.0 Å². The van der Waals surface area contributed by atoms with Gasteiger partial charge in [0.15, 0.2) is 0 Å². The van der Waals surface area contributed by atoms with Crippen molar-refractivity contribution in [1.29, 1.82) is 0 Å². The number of carbonyl (C=O) groups is 2. The van der Waals surface area contributed by atoms with E-state index in [1.54, 1.807) is 6.07 Å². The van der Waals surface area contributed by atoms with Crippen molar-refractivity contribution in [1.82, 2.24) is 0 Å². The van der Waals surface area contributed by atoms with Crippen LogP contribution in [-0.4, -0.2) is 18.4 Å². The summed E-state index contributed by atoms with van der Waals surface area (Å²) in [6, 6.07) is 13.2. The van der Waals surface area contributed by atoms with Crippen LogP contribution in [0.25, 0.3) is 0 Å². The van der Waals surface area contributed by atoms with E-state index in [-0.39, 0.29) is 23.8 Å². The third kappa shape index (κ3) is 5.14. The van der Waals surface area contributed by atoms with E-state index in [0.29, 0.717) is 11.4 Å². The number of rotatable bonds is 4. The highest BCUT2D eigenvalue weighted by Crippen LogP contribution is 2.23. The maximum Gasteiger partial charge on any atom is 0.244 e. The lowest BCUT2D eigenvalue weighted by Crippen LogP contribution is -2.36. The Kier molecular flexibility index (Phi) is 5.57. The summed E-state index contributed by atoms with van der Waals surface area (Å²) < 4.78 is 13.4.